The van der Waals surface area contributed by atoms with Crippen LogP contribution in [-0.4, -0.2) is 20.9 Å². The molecule has 0 amide bonds. The number of benzene rings is 3. The van der Waals surface area contributed by atoms with Crippen molar-refractivity contribution in [3.05, 3.63) is 84.1 Å². The molecule has 1 N–H and O–H groups in total. The third kappa shape index (κ3) is 7.25. The second-order valence-corrected chi connectivity index (χ2v) is 14.5. The van der Waals surface area contributed by atoms with Gasteiger partial charge in [-0.15, -0.1) is 29.1 Å². The van der Waals surface area contributed by atoms with Gasteiger partial charge in [0.25, 0.3) is 0 Å². The predicted octanol–water partition coefficient (Wildman–Crippen LogP) is 12.0. The molecule has 261 valence electrons. The summed E-state index contributed by atoms with van der Waals surface area (Å²) in [6, 6.07) is 20.2. The Morgan fingerprint density at radius 3 is 2.14 bits per heavy atom. The molecule has 0 atom stereocenters. The van der Waals surface area contributed by atoms with E-state index in [9.17, 15) is 9.90 Å². The molecule has 3 aromatic carbocycles. The minimum atomic E-state index is -0.337. The van der Waals surface area contributed by atoms with Crippen LogP contribution in [0.3, 0.4) is 0 Å². The Morgan fingerprint density at radius 2 is 1.51 bits per heavy atom. The van der Waals surface area contributed by atoms with Crippen LogP contribution in [0.15, 0.2) is 75.5 Å². The fourth-order valence-corrected chi connectivity index (χ4v) is 6.18. The van der Waals surface area contributed by atoms with Gasteiger partial charge in [0.1, 0.15) is 29.0 Å². The molecule has 0 saturated carbocycles. The van der Waals surface area contributed by atoms with Crippen molar-refractivity contribution in [1.29, 1.82) is 0 Å². The van der Waals surface area contributed by atoms with E-state index in [1.165, 1.54) is 17.0 Å². The van der Waals surface area contributed by atoms with E-state index in [1.54, 1.807) is 6.33 Å². The molecule has 6 rings (SSSR count). The zero-order chi connectivity index (χ0) is 35.0. The number of aliphatic hydroxyl groups excluding tert-OH is 1. The van der Waals surface area contributed by atoms with Crippen LogP contribution in [0.2, 0.25) is 0 Å². The summed E-state index contributed by atoms with van der Waals surface area (Å²) in [6.45, 7) is 20.7. The summed E-state index contributed by atoms with van der Waals surface area (Å²) in [6.07, 6.45) is 6.31. The van der Waals surface area contributed by atoms with Crippen LogP contribution in [0.4, 0.5) is 0 Å². The molecule has 7 heteroatoms. The van der Waals surface area contributed by atoms with Crippen LogP contribution in [0, 0.1) is 23.8 Å². The third-order valence-electron chi connectivity index (χ3n) is 10.5. The maximum absolute atomic E-state index is 12.2. The predicted molar refractivity (Wildman–Crippen MR) is 197 cm³/mol. The molecular weight excluding hydrogens is 789 g/mol. The maximum Gasteiger partial charge on any atom is 0.223 e. The Balaban J connectivity index is 0.000000260. The second-order valence-electron chi connectivity index (χ2n) is 14.5. The van der Waals surface area contributed by atoms with Gasteiger partial charge < -0.3 is 13.9 Å². The number of aromatic nitrogens is 2. The summed E-state index contributed by atoms with van der Waals surface area (Å²) >= 11 is 0. The van der Waals surface area contributed by atoms with E-state index in [1.807, 2.05) is 72.7 Å². The molecule has 0 bridgehead atoms. The molecule has 3 aromatic heterocycles. The van der Waals surface area contributed by atoms with Crippen molar-refractivity contribution in [2.24, 2.45) is 10.8 Å². The molecule has 0 unspecified atom stereocenters. The summed E-state index contributed by atoms with van der Waals surface area (Å²) in [5.41, 5.74) is 4.47. The van der Waals surface area contributed by atoms with E-state index in [-0.39, 0.29) is 47.9 Å². The number of hydrogen-bond donors (Lipinski definition) is 1. The number of rotatable bonds is 8. The molecule has 6 nitrogen and oxygen atoms in total. The minimum absolute atomic E-state index is 0. The summed E-state index contributed by atoms with van der Waals surface area (Å²) < 4.78 is 12.2. The topological polar surface area (TPSA) is 89.4 Å². The number of hydrogen-bond acceptors (Lipinski definition) is 6. The monoisotopic (exact) mass is 838 g/mol. The van der Waals surface area contributed by atoms with Crippen LogP contribution < -0.4 is 0 Å². The van der Waals surface area contributed by atoms with Crippen LogP contribution in [0.25, 0.3) is 55.1 Å². The SMILES string of the molecule is CCC(C)(CC)C(=O)/C=C(\O)C(C)(CC)CC.Cc1cc2ccc3oc4ncnc(-c5[c-]c6ccccc6c(C(C)(C)C)c5)c4c3c2o1.[Ir]. The molecular formula is C42H49IrN2O4-. The zero-order valence-corrected chi connectivity index (χ0v) is 32.9. The van der Waals surface area contributed by atoms with Gasteiger partial charge in [0, 0.05) is 53.5 Å². The first kappa shape index (κ1) is 38.0. The van der Waals surface area contributed by atoms with Gasteiger partial charge in [0.2, 0.25) is 5.71 Å². The number of furan rings is 2. The molecule has 3 heterocycles. The Labute approximate surface area is 303 Å². The van der Waals surface area contributed by atoms with Crippen molar-refractivity contribution >= 4 is 49.6 Å². The van der Waals surface area contributed by atoms with E-state index < -0.39 is 0 Å². The number of carbonyl (C=O) groups excluding carboxylic acids is 1. The van der Waals surface area contributed by atoms with Crippen molar-refractivity contribution in [3.63, 3.8) is 0 Å². The van der Waals surface area contributed by atoms with E-state index in [2.05, 4.69) is 56.1 Å². The standard InChI is InChI=1S/C27H21N2O2.C15H28O2.Ir/c1-15-11-17-9-10-21-22(25(17)30-15)23-24(28-14-29-26(23)31-21)18-12-16-7-5-6-8-19(16)20(13-18)27(2,3)4;1-7-14(5,8-2)12(16)11-13(17)15(6,9-3)10-4;/h5-11,13-14H,1-4H3;11,16H,7-10H2,1-6H3;/q-1;;/b;12-11-;. The Hall–Kier alpha value is -3.80. The van der Waals surface area contributed by atoms with Crippen LogP contribution >= 0.6 is 0 Å². The van der Waals surface area contributed by atoms with Gasteiger partial charge in [-0.2, -0.15) is 0 Å². The molecule has 6 aromatic rings. The number of fused-ring (bicyclic) bond motifs is 6. The summed E-state index contributed by atoms with van der Waals surface area (Å²) in [5, 5.41) is 15.2. The maximum atomic E-state index is 12.2. The molecule has 0 aliphatic rings. The van der Waals surface area contributed by atoms with Crippen molar-refractivity contribution in [2.75, 3.05) is 0 Å². The summed E-state index contributed by atoms with van der Waals surface area (Å²) in [5.74, 6) is 1.15. The van der Waals surface area contributed by atoms with Gasteiger partial charge >= 0.3 is 0 Å². The van der Waals surface area contributed by atoms with E-state index in [4.69, 9.17) is 13.8 Å². The third-order valence-corrected chi connectivity index (χ3v) is 10.5. The number of ketones is 1. The van der Waals surface area contributed by atoms with Gasteiger partial charge in [-0.05, 0) is 56.2 Å². The van der Waals surface area contributed by atoms with Gasteiger partial charge in [0.05, 0.1) is 5.39 Å². The average molecular weight is 838 g/mol. The average Bonchev–Trinajstić information content (AvgIpc) is 3.66. The van der Waals surface area contributed by atoms with Crippen molar-refractivity contribution < 1.29 is 38.8 Å². The first-order chi connectivity index (χ1) is 22.7. The first-order valence-corrected chi connectivity index (χ1v) is 17.2. The second kappa shape index (κ2) is 14.6. The zero-order valence-electron chi connectivity index (χ0n) is 30.5. The normalized spacial score (nSPS) is 12.7. The largest absolute Gasteiger partial charge is 0.512 e. The van der Waals surface area contributed by atoms with Crippen LogP contribution in [0.1, 0.15) is 99.3 Å². The Bertz CT molecular complexity index is 2140. The van der Waals surface area contributed by atoms with Crippen LogP contribution in [-0.2, 0) is 30.3 Å². The van der Waals surface area contributed by atoms with Gasteiger partial charge in [-0.25, -0.2) is 4.98 Å². The molecule has 0 spiro atoms. The molecule has 1 radical (unpaired) electrons. The summed E-state index contributed by atoms with van der Waals surface area (Å²) in [7, 11) is 0. The number of aryl methyl sites for hydroxylation is 1. The number of carbonyl (C=O) groups is 1. The quantitative estimate of drug-likeness (QED) is 0.0933. The molecule has 0 aliphatic heterocycles. The van der Waals surface area contributed by atoms with Gasteiger partial charge in [-0.3, -0.25) is 9.78 Å². The molecule has 0 aliphatic carbocycles. The number of nitrogens with zero attached hydrogens (tertiary/aromatic N) is 2. The van der Waals surface area contributed by atoms with E-state index in [0.29, 0.717) is 5.71 Å². The van der Waals surface area contributed by atoms with Gasteiger partial charge in [0.15, 0.2) is 5.78 Å². The van der Waals surface area contributed by atoms with E-state index >= 15 is 0 Å². The van der Waals surface area contributed by atoms with Crippen molar-refractivity contribution in [3.8, 4) is 11.3 Å². The fraction of sp³-hybridized carbons (Fsp3) is 0.405. The molecule has 49 heavy (non-hydrogen) atoms. The molecule has 0 fully saturated rings. The van der Waals surface area contributed by atoms with Crippen molar-refractivity contribution in [1.82, 2.24) is 9.97 Å². The first-order valence-electron chi connectivity index (χ1n) is 17.2. The number of allylic oxidation sites excluding steroid dienone is 2. The van der Waals surface area contributed by atoms with Crippen molar-refractivity contribution in [2.45, 2.75) is 100 Å². The summed E-state index contributed by atoms with van der Waals surface area (Å²) in [4.78, 5) is 21.3. The Kier molecular flexibility index (Phi) is 11.3. The smallest absolute Gasteiger partial charge is 0.223 e. The van der Waals surface area contributed by atoms with Crippen LogP contribution in [0.5, 0.6) is 0 Å². The van der Waals surface area contributed by atoms with E-state index in [0.717, 1.165) is 75.4 Å². The molecule has 0 saturated heterocycles. The number of aliphatic hydroxyl groups is 1. The minimum Gasteiger partial charge on any atom is -0.512 e. The fourth-order valence-electron chi connectivity index (χ4n) is 6.18. The van der Waals surface area contributed by atoms with Gasteiger partial charge in [-0.1, -0.05) is 91.5 Å². The Morgan fingerprint density at radius 1 is 0.857 bits per heavy atom.